The van der Waals surface area contributed by atoms with Crippen molar-refractivity contribution in [3.05, 3.63) is 54.6 Å². The number of hydrogen-bond donors (Lipinski definition) is 0. The van der Waals surface area contributed by atoms with E-state index in [1.165, 1.54) is 12.1 Å². The van der Waals surface area contributed by atoms with E-state index in [0.717, 1.165) is 11.4 Å². The average molecular weight is 451 g/mol. The summed E-state index contributed by atoms with van der Waals surface area (Å²) in [6.07, 6.45) is 0. The van der Waals surface area contributed by atoms with E-state index in [2.05, 4.69) is 4.90 Å². The minimum Gasteiger partial charge on any atom is -0.495 e. The summed E-state index contributed by atoms with van der Waals surface area (Å²) in [4.78, 5) is 4.41. The molecule has 0 amide bonds. The minimum absolute atomic E-state index is 0.113. The topological polar surface area (TPSA) is 84.0 Å². The summed E-state index contributed by atoms with van der Waals surface area (Å²) in [5.41, 5.74) is 0.993. The smallest absolute Gasteiger partial charge is 0.183 e. The molecule has 4 rings (SSSR count). The number of sulfone groups is 2. The SMILES string of the molecule is COc1ccccc1N1CCN(C2CS(=O)(=O)CC2S(=O)(=O)c2ccccc2)CC1. The highest BCUT2D eigenvalue weighted by Crippen LogP contribution is 2.32. The molecule has 9 heteroatoms. The zero-order chi connectivity index (χ0) is 21.4. The van der Waals surface area contributed by atoms with Crippen molar-refractivity contribution in [3.63, 3.8) is 0 Å². The van der Waals surface area contributed by atoms with Crippen LogP contribution in [0.1, 0.15) is 0 Å². The highest BCUT2D eigenvalue weighted by atomic mass is 32.2. The van der Waals surface area contributed by atoms with E-state index < -0.39 is 31.0 Å². The normalized spacial score (nSPS) is 24.6. The molecule has 162 valence electrons. The molecule has 2 heterocycles. The minimum atomic E-state index is -3.74. The lowest BCUT2D eigenvalue weighted by Crippen LogP contribution is -2.55. The second kappa shape index (κ2) is 8.20. The van der Waals surface area contributed by atoms with Crippen LogP contribution in [0.15, 0.2) is 59.5 Å². The average Bonchev–Trinajstić information content (AvgIpc) is 3.11. The lowest BCUT2D eigenvalue weighted by molar-refractivity contribution is 0.201. The van der Waals surface area contributed by atoms with Crippen LogP contribution in [0, 0.1) is 0 Å². The van der Waals surface area contributed by atoms with Gasteiger partial charge in [-0.25, -0.2) is 16.8 Å². The van der Waals surface area contributed by atoms with Crippen LogP contribution in [-0.2, 0) is 19.7 Å². The van der Waals surface area contributed by atoms with E-state index in [1.807, 2.05) is 29.2 Å². The van der Waals surface area contributed by atoms with E-state index in [0.29, 0.717) is 26.2 Å². The Bertz CT molecular complexity index is 1100. The summed E-state index contributed by atoms with van der Waals surface area (Å²) >= 11 is 0. The summed E-state index contributed by atoms with van der Waals surface area (Å²) in [6.45, 7) is 2.54. The van der Waals surface area contributed by atoms with Crippen LogP contribution in [0.5, 0.6) is 5.75 Å². The third-order valence-corrected chi connectivity index (χ3v) is 10.1. The Kier molecular flexibility index (Phi) is 5.78. The molecular formula is C21H26N2O5S2. The van der Waals surface area contributed by atoms with Gasteiger partial charge in [-0.15, -0.1) is 0 Å². The molecule has 2 aliphatic rings. The first-order valence-corrected chi connectivity index (χ1v) is 13.3. The number of nitrogens with zero attached hydrogens (tertiary/aromatic N) is 2. The molecule has 2 aromatic carbocycles. The van der Waals surface area contributed by atoms with Gasteiger partial charge in [0.1, 0.15) is 5.75 Å². The van der Waals surface area contributed by atoms with Crippen molar-refractivity contribution in [2.24, 2.45) is 0 Å². The van der Waals surface area contributed by atoms with Gasteiger partial charge in [0.05, 0.1) is 34.4 Å². The van der Waals surface area contributed by atoms with Gasteiger partial charge in [0.25, 0.3) is 0 Å². The first kappa shape index (κ1) is 21.1. The van der Waals surface area contributed by atoms with E-state index in [1.54, 1.807) is 25.3 Å². The molecule has 2 fully saturated rings. The lowest BCUT2D eigenvalue weighted by Gasteiger charge is -2.40. The van der Waals surface area contributed by atoms with E-state index in [4.69, 9.17) is 4.74 Å². The van der Waals surface area contributed by atoms with Crippen molar-refractivity contribution >= 4 is 25.4 Å². The maximum atomic E-state index is 13.2. The number of anilines is 1. The molecule has 0 aromatic heterocycles. The monoisotopic (exact) mass is 450 g/mol. The molecule has 30 heavy (non-hydrogen) atoms. The van der Waals surface area contributed by atoms with Gasteiger partial charge in [-0.3, -0.25) is 4.90 Å². The number of methoxy groups -OCH3 is 1. The molecule has 0 aliphatic carbocycles. The Morgan fingerprint density at radius 2 is 1.53 bits per heavy atom. The van der Waals surface area contributed by atoms with E-state index in [9.17, 15) is 16.8 Å². The summed E-state index contributed by atoms with van der Waals surface area (Å²) in [7, 11) is -5.52. The van der Waals surface area contributed by atoms with Crippen molar-refractivity contribution < 1.29 is 21.6 Å². The molecule has 2 unspecified atom stereocenters. The third-order valence-electron chi connectivity index (χ3n) is 5.95. The maximum absolute atomic E-state index is 13.2. The van der Waals surface area contributed by atoms with Gasteiger partial charge in [-0.05, 0) is 24.3 Å². The fraction of sp³-hybridized carbons (Fsp3) is 0.429. The second-order valence-corrected chi connectivity index (χ2v) is 12.1. The molecule has 2 saturated heterocycles. The van der Waals surface area contributed by atoms with Gasteiger partial charge in [0, 0.05) is 32.2 Å². The summed E-state index contributed by atoms with van der Waals surface area (Å²) in [5, 5.41) is -0.942. The van der Waals surface area contributed by atoms with E-state index >= 15 is 0 Å². The Morgan fingerprint density at radius 1 is 0.900 bits per heavy atom. The van der Waals surface area contributed by atoms with Gasteiger partial charge >= 0.3 is 0 Å². The van der Waals surface area contributed by atoms with Crippen LogP contribution in [0.3, 0.4) is 0 Å². The third kappa shape index (κ3) is 4.06. The van der Waals surface area contributed by atoms with Gasteiger partial charge in [0.15, 0.2) is 19.7 Å². The second-order valence-electron chi connectivity index (χ2n) is 7.74. The molecule has 2 aliphatic heterocycles. The molecular weight excluding hydrogens is 424 g/mol. The highest BCUT2D eigenvalue weighted by Gasteiger charge is 2.48. The van der Waals surface area contributed by atoms with Crippen LogP contribution >= 0.6 is 0 Å². The fourth-order valence-electron chi connectivity index (χ4n) is 4.40. The van der Waals surface area contributed by atoms with Crippen LogP contribution in [0.2, 0.25) is 0 Å². The number of ether oxygens (including phenoxy) is 1. The number of piperazine rings is 1. The predicted molar refractivity (Wildman–Crippen MR) is 117 cm³/mol. The van der Waals surface area contributed by atoms with Gasteiger partial charge in [-0.2, -0.15) is 0 Å². The highest BCUT2D eigenvalue weighted by molar-refractivity contribution is 7.96. The van der Waals surface area contributed by atoms with Crippen molar-refractivity contribution in [2.45, 2.75) is 16.2 Å². The summed E-state index contributed by atoms with van der Waals surface area (Å²) < 4.78 is 56.7. The Balaban J connectivity index is 1.54. The molecule has 2 atom stereocenters. The van der Waals surface area contributed by atoms with E-state index in [-0.39, 0.29) is 16.4 Å². The van der Waals surface area contributed by atoms with Gasteiger partial charge < -0.3 is 9.64 Å². The van der Waals surface area contributed by atoms with Crippen LogP contribution < -0.4 is 9.64 Å². The molecule has 0 spiro atoms. The Morgan fingerprint density at radius 3 is 2.20 bits per heavy atom. The van der Waals surface area contributed by atoms with Crippen LogP contribution in [0.25, 0.3) is 0 Å². The van der Waals surface area contributed by atoms with Crippen molar-refractivity contribution in [1.82, 2.24) is 4.90 Å². The summed E-state index contributed by atoms with van der Waals surface area (Å²) in [6, 6.07) is 15.4. The van der Waals surface area contributed by atoms with Crippen LogP contribution in [0.4, 0.5) is 5.69 Å². The number of para-hydroxylation sites is 2. The predicted octanol–water partition coefficient (Wildman–Crippen LogP) is 1.46. The largest absolute Gasteiger partial charge is 0.495 e. The molecule has 0 bridgehead atoms. The number of hydrogen-bond acceptors (Lipinski definition) is 7. The molecule has 7 nitrogen and oxygen atoms in total. The van der Waals surface area contributed by atoms with Gasteiger partial charge in [0.2, 0.25) is 0 Å². The molecule has 0 saturated carbocycles. The number of benzene rings is 2. The molecule has 0 N–H and O–H groups in total. The van der Waals surface area contributed by atoms with Crippen molar-refractivity contribution in [1.29, 1.82) is 0 Å². The standard InChI is InChI=1S/C21H26N2O5S2/c1-28-20-10-6-5-9-18(20)22-11-13-23(14-12-22)19-15-29(24,25)16-21(19)30(26,27)17-7-3-2-4-8-17/h2-10,19,21H,11-16H2,1H3. The molecule has 2 aromatic rings. The Hall–Kier alpha value is -2.10. The number of rotatable bonds is 5. The zero-order valence-corrected chi connectivity index (χ0v) is 18.5. The Labute approximate surface area is 178 Å². The zero-order valence-electron chi connectivity index (χ0n) is 16.8. The summed E-state index contributed by atoms with van der Waals surface area (Å²) in [5.74, 6) is 0.360. The van der Waals surface area contributed by atoms with Crippen molar-refractivity contribution in [3.8, 4) is 5.75 Å². The first-order chi connectivity index (χ1) is 14.3. The van der Waals surface area contributed by atoms with Crippen LogP contribution in [-0.4, -0.2) is 77.8 Å². The first-order valence-electron chi connectivity index (χ1n) is 9.93. The quantitative estimate of drug-likeness (QED) is 0.682. The maximum Gasteiger partial charge on any atom is 0.183 e. The van der Waals surface area contributed by atoms with Crippen molar-refractivity contribution in [2.75, 3.05) is 49.7 Å². The van der Waals surface area contributed by atoms with Gasteiger partial charge in [-0.1, -0.05) is 30.3 Å². The lowest BCUT2D eigenvalue weighted by atomic mass is 10.1. The molecule has 0 radical (unpaired) electrons. The fourth-order valence-corrected chi connectivity index (χ4v) is 9.25.